The number of tetrazole rings is 1. The Bertz CT molecular complexity index is 974. The van der Waals surface area contributed by atoms with Gasteiger partial charge in [-0.15, -0.1) is 0 Å². The van der Waals surface area contributed by atoms with Crippen LogP contribution in [0.15, 0.2) is 47.3 Å². The van der Waals surface area contributed by atoms with Crippen LogP contribution in [0.25, 0.3) is 5.69 Å². The summed E-state index contributed by atoms with van der Waals surface area (Å²) in [6.07, 6.45) is 0. The van der Waals surface area contributed by atoms with E-state index in [0.29, 0.717) is 11.3 Å². The zero-order chi connectivity index (χ0) is 17.3. The molecule has 2 aromatic carbocycles. The molecule has 3 rings (SSSR count). The van der Waals surface area contributed by atoms with Crippen LogP contribution in [0, 0.1) is 24.0 Å². The Kier molecular flexibility index (Phi) is 3.95. The largest absolute Gasteiger partial charge is 0.368 e. The smallest absolute Gasteiger partial charge is 0.258 e. The van der Waals surface area contributed by atoms with Gasteiger partial charge < -0.3 is 0 Å². The van der Waals surface area contributed by atoms with Gasteiger partial charge in [0.25, 0.3) is 5.69 Å². The Morgan fingerprint density at radius 2 is 1.92 bits per heavy atom. The van der Waals surface area contributed by atoms with Gasteiger partial charge in [-0.25, -0.2) is 4.79 Å². The van der Waals surface area contributed by atoms with Gasteiger partial charge in [0.15, 0.2) is 0 Å². The molecule has 8 heteroatoms. The lowest BCUT2D eigenvalue weighted by Crippen LogP contribution is -2.24. The van der Waals surface area contributed by atoms with Crippen LogP contribution in [-0.4, -0.2) is 24.7 Å². The zero-order valence-electron chi connectivity index (χ0n) is 13.2. The van der Waals surface area contributed by atoms with Crippen LogP contribution >= 0.6 is 0 Å². The van der Waals surface area contributed by atoms with Crippen LogP contribution in [0.1, 0.15) is 16.7 Å². The number of nitro benzene ring substituents is 1. The van der Waals surface area contributed by atoms with Crippen molar-refractivity contribution in [2.45, 2.75) is 20.4 Å². The van der Waals surface area contributed by atoms with Crippen molar-refractivity contribution in [2.24, 2.45) is 0 Å². The molecule has 0 aliphatic rings. The van der Waals surface area contributed by atoms with Crippen molar-refractivity contribution in [3.05, 3.63) is 79.8 Å². The molecular weight excluding hydrogens is 310 g/mol. The van der Waals surface area contributed by atoms with E-state index in [2.05, 4.69) is 10.4 Å². The van der Waals surface area contributed by atoms with E-state index >= 15 is 0 Å². The van der Waals surface area contributed by atoms with Crippen molar-refractivity contribution in [1.29, 1.82) is 0 Å². The molecule has 0 aliphatic heterocycles. The third-order valence-electron chi connectivity index (χ3n) is 3.68. The van der Waals surface area contributed by atoms with Gasteiger partial charge in [-0.05, 0) is 53.6 Å². The molecule has 0 saturated heterocycles. The van der Waals surface area contributed by atoms with E-state index in [0.717, 1.165) is 11.1 Å². The number of benzene rings is 2. The van der Waals surface area contributed by atoms with E-state index in [-0.39, 0.29) is 17.9 Å². The number of nitrogens with zero attached hydrogens (tertiary/aromatic N) is 5. The van der Waals surface area contributed by atoms with E-state index in [1.807, 2.05) is 25.1 Å². The molecule has 1 heterocycles. The molecule has 0 N–H and O–H groups in total. The van der Waals surface area contributed by atoms with E-state index in [1.54, 1.807) is 25.1 Å². The lowest BCUT2D eigenvalue weighted by atomic mass is 10.1. The lowest BCUT2D eigenvalue weighted by molar-refractivity contribution is -0.385. The van der Waals surface area contributed by atoms with Crippen LogP contribution in [0.2, 0.25) is 0 Å². The summed E-state index contributed by atoms with van der Waals surface area (Å²) >= 11 is 0. The molecule has 0 spiro atoms. The molecule has 1 aromatic heterocycles. The predicted molar refractivity (Wildman–Crippen MR) is 87.3 cm³/mol. The predicted octanol–water partition coefficient (Wildman–Crippen LogP) is 2.00. The molecule has 0 saturated carbocycles. The highest BCUT2D eigenvalue weighted by atomic mass is 16.6. The highest BCUT2D eigenvalue weighted by Crippen LogP contribution is 2.19. The summed E-state index contributed by atoms with van der Waals surface area (Å²) in [4.78, 5) is 22.9. The molecule has 0 aliphatic carbocycles. The maximum atomic E-state index is 12.4. The second-order valence-corrected chi connectivity index (χ2v) is 5.55. The van der Waals surface area contributed by atoms with E-state index in [4.69, 9.17) is 0 Å². The molecule has 122 valence electrons. The maximum Gasteiger partial charge on any atom is 0.368 e. The topological polar surface area (TPSA) is 95.8 Å². The number of aryl methyl sites for hydroxylation is 2. The van der Waals surface area contributed by atoms with Crippen LogP contribution in [0.4, 0.5) is 5.69 Å². The van der Waals surface area contributed by atoms with E-state index in [1.165, 1.54) is 15.4 Å². The van der Waals surface area contributed by atoms with Gasteiger partial charge in [0.2, 0.25) is 0 Å². The average Bonchev–Trinajstić information content (AvgIpc) is 2.88. The van der Waals surface area contributed by atoms with E-state index in [9.17, 15) is 14.9 Å². The fraction of sp³-hybridized carbons (Fsp3) is 0.188. The molecule has 0 fully saturated rings. The number of rotatable bonds is 4. The Morgan fingerprint density at radius 3 is 2.58 bits per heavy atom. The number of hydrogen-bond donors (Lipinski definition) is 0. The fourth-order valence-corrected chi connectivity index (χ4v) is 2.49. The summed E-state index contributed by atoms with van der Waals surface area (Å²) < 4.78 is 2.45. The third-order valence-corrected chi connectivity index (χ3v) is 3.68. The minimum absolute atomic E-state index is 0.0505. The Morgan fingerprint density at radius 1 is 1.12 bits per heavy atom. The van der Waals surface area contributed by atoms with Crippen LogP contribution in [0.5, 0.6) is 0 Å². The van der Waals surface area contributed by atoms with Gasteiger partial charge >= 0.3 is 5.69 Å². The molecule has 8 nitrogen and oxygen atoms in total. The normalized spacial score (nSPS) is 10.8. The summed E-state index contributed by atoms with van der Waals surface area (Å²) in [5.74, 6) is 0. The number of hydrogen-bond acceptors (Lipinski definition) is 5. The van der Waals surface area contributed by atoms with Crippen molar-refractivity contribution in [1.82, 2.24) is 19.8 Å². The molecule has 0 bridgehead atoms. The van der Waals surface area contributed by atoms with Gasteiger partial charge in [0.05, 0.1) is 17.2 Å². The van der Waals surface area contributed by atoms with Gasteiger partial charge in [0.1, 0.15) is 0 Å². The molecule has 3 aromatic rings. The van der Waals surface area contributed by atoms with E-state index < -0.39 is 4.92 Å². The summed E-state index contributed by atoms with van der Waals surface area (Å²) in [6, 6.07) is 12.1. The average molecular weight is 325 g/mol. The molecule has 0 amide bonds. The first-order valence-corrected chi connectivity index (χ1v) is 7.29. The lowest BCUT2D eigenvalue weighted by Gasteiger charge is -2.02. The van der Waals surface area contributed by atoms with Gasteiger partial charge in [-0.2, -0.15) is 9.36 Å². The molecule has 0 atom stereocenters. The first kappa shape index (κ1) is 15.6. The Hall–Kier alpha value is -3.29. The van der Waals surface area contributed by atoms with Gasteiger partial charge in [0, 0.05) is 11.6 Å². The highest BCUT2D eigenvalue weighted by molar-refractivity contribution is 5.41. The second kappa shape index (κ2) is 6.07. The van der Waals surface area contributed by atoms with Crippen molar-refractivity contribution in [3.8, 4) is 5.69 Å². The Labute approximate surface area is 137 Å². The molecule has 0 unspecified atom stereocenters. The second-order valence-electron chi connectivity index (χ2n) is 5.55. The minimum Gasteiger partial charge on any atom is -0.258 e. The summed E-state index contributed by atoms with van der Waals surface area (Å²) in [6.45, 7) is 3.79. The van der Waals surface area contributed by atoms with Crippen molar-refractivity contribution in [2.75, 3.05) is 0 Å². The first-order valence-electron chi connectivity index (χ1n) is 7.29. The standard InChI is InChI=1S/C16H15N5O3/c1-11-4-3-5-14(8-11)20-16(22)19(17-18-20)10-13-6-7-15(21(23)24)12(2)9-13/h3-9H,10H2,1-2H3. The van der Waals surface area contributed by atoms with Crippen molar-refractivity contribution < 1.29 is 4.92 Å². The number of nitro groups is 1. The first-order chi connectivity index (χ1) is 11.5. The zero-order valence-corrected chi connectivity index (χ0v) is 13.2. The quantitative estimate of drug-likeness (QED) is 0.540. The van der Waals surface area contributed by atoms with Gasteiger partial charge in [-0.3, -0.25) is 10.1 Å². The van der Waals surface area contributed by atoms with Crippen LogP contribution in [-0.2, 0) is 6.54 Å². The molecular formula is C16H15N5O3. The minimum atomic E-state index is -0.431. The van der Waals surface area contributed by atoms with Crippen LogP contribution in [0.3, 0.4) is 0 Å². The van der Waals surface area contributed by atoms with Crippen molar-refractivity contribution >= 4 is 5.69 Å². The molecule has 0 radical (unpaired) electrons. The summed E-state index contributed by atoms with van der Waals surface area (Å²) in [7, 11) is 0. The van der Waals surface area contributed by atoms with Gasteiger partial charge in [-0.1, -0.05) is 18.2 Å². The monoisotopic (exact) mass is 325 g/mol. The fourth-order valence-electron chi connectivity index (χ4n) is 2.49. The van der Waals surface area contributed by atoms with Crippen molar-refractivity contribution in [3.63, 3.8) is 0 Å². The Balaban J connectivity index is 1.91. The SMILES string of the molecule is Cc1cccc(-n2nnn(Cc3ccc([N+](=O)[O-])c(C)c3)c2=O)c1. The molecule has 24 heavy (non-hydrogen) atoms. The third kappa shape index (κ3) is 2.94. The maximum absolute atomic E-state index is 12.4. The highest BCUT2D eigenvalue weighted by Gasteiger charge is 2.13. The summed E-state index contributed by atoms with van der Waals surface area (Å²) in [5.41, 5.74) is 2.63. The summed E-state index contributed by atoms with van der Waals surface area (Å²) in [5, 5.41) is 18.6. The van der Waals surface area contributed by atoms with Crippen LogP contribution < -0.4 is 5.69 Å². The number of aromatic nitrogens is 4.